The molecule has 0 aliphatic heterocycles. The maximum absolute atomic E-state index is 5.18. The lowest BCUT2D eigenvalue weighted by Gasteiger charge is -2.03. The molecule has 0 atom stereocenters. The van der Waals surface area contributed by atoms with Crippen LogP contribution in [0, 0.1) is 0 Å². The number of hydrogen-bond acceptors (Lipinski definition) is 5. The smallest absolute Gasteiger partial charge is 0.162 e. The van der Waals surface area contributed by atoms with Gasteiger partial charge in [0.05, 0.1) is 11.4 Å². The summed E-state index contributed by atoms with van der Waals surface area (Å²) >= 11 is 1.67. The molecule has 0 aliphatic carbocycles. The number of rotatable bonds is 5. The summed E-state index contributed by atoms with van der Waals surface area (Å²) in [6, 6.07) is 5.98. The van der Waals surface area contributed by atoms with Crippen LogP contribution in [0.15, 0.2) is 40.5 Å². The number of ether oxygens (including phenoxy) is 1. The summed E-state index contributed by atoms with van der Waals surface area (Å²) in [5.74, 6) is 1.68. The fraction of sp³-hybridized carbons (Fsp3) is 0.231. The van der Waals surface area contributed by atoms with Crippen LogP contribution in [0.2, 0.25) is 0 Å². The molecular formula is C13H13N3O2S. The Morgan fingerprint density at radius 2 is 2.42 bits per heavy atom. The van der Waals surface area contributed by atoms with Crippen LogP contribution in [-0.2, 0) is 17.9 Å². The topological polar surface area (TPSA) is 53.1 Å². The highest BCUT2D eigenvalue weighted by molar-refractivity contribution is 7.13. The number of methoxy groups -OCH3 is 1. The molecule has 6 heteroatoms. The quantitative estimate of drug-likeness (QED) is 0.718. The summed E-state index contributed by atoms with van der Waals surface area (Å²) in [5.41, 5.74) is 0.864. The molecule has 0 radical (unpaired) electrons. The van der Waals surface area contributed by atoms with Crippen molar-refractivity contribution >= 4 is 11.3 Å². The van der Waals surface area contributed by atoms with E-state index in [1.54, 1.807) is 24.6 Å². The molecule has 5 nitrogen and oxygen atoms in total. The highest BCUT2D eigenvalue weighted by Gasteiger charge is 2.10. The van der Waals surface area contributed by atoms with E-state index < -0.39 is 0 Å². The first-order chi connectivity index (χ1) is 9.36. The van der Waals surface area contributed by atoms with Gasteiger partial charge in [-0.1, -0.05) is 11.2 Å². The Balaban J connectivity index is 1.81. The van der Waals surface area contributed by atoms with E-state index in [2.05, 4.69) is 20.8 Å². The van der Waals surface area contributed by atoms with E-state index in [9.17, 15) is 0 Å². The first kappa shape index (κ1) is 12.1. The number of thiophene rings is 1. The van der Waals surface area contributed by atoms with Crippen LogP contribution in [0.4, 0.5) is 0 Å². The van der Waals surface area contributed by atoms with Crippen molar-refractivity contribution in [3.63, 3.8) is 0 Å². The molecule has 0 unspecified atom stereocenters. The summed E-state index contributed by atoms with van der Waals surface area (Å²) in [6.07, 6.45) is 3.74. The van der Waals surface area contributed by atoms with Crippen molar-refractivity contribution in [2.45, 2.75) is 13.2 Å². The average molecular weight is 275 g/mol. The number of aromatic nitrogens is 3. The minimum Gasteiger partial charge on any atom is -0.377 e. The molecule has 0 saturated heterocycles. The first-order valence-corrected chi connectivity index (χ1v) is 6.73. The first-order valence-electron chi connectivity index (χ1n) is 5.85. The Morgan fingerprint density at radius 3 is 3.21 bits per heavy atom. The monoisotopic (exact) mass is 275 g/mol. The fourth-order valence-corrected chi connectivity index (χ4v) is 2.62. The number of hydrogen-bond donors (Lipinski definition) is 0. The zero-order valence-electron chi connectivity index (χ0n) is 10.4. The second kappa shape index (κ2) is 5.38. The SMILES string of the molecule is COCc1cc(Cn2ccnc2-c2cccs2)no1. The summed E-state index contributed by atoms with van der Waals surface area (Å²) in [7, 11) is 1.63. The van der Waals surface area contributed by atoms with Gasteiger partial charge in [0.15, 0.2) is 5.76 Å². The Hall–Kier alpha value is -1.92. The van der Waals surface area contributed by atoms with Crippen LogP contribution in [-0.4, -0.2) is 21.8 Å². The van der Waals surface area contributed by atoms with Gasteiger partial charge in [0.1, 0.15) is 18.1 Å². The third-order valence-electron chi connectivity index (χ3n) is 2.68. The molecule has 0 aliphatic rings. The van der Waals surface area contributed by atoms with Crippen molar-refractivity contribution in [3.8, 4) is 10.7 Å². The molecule has 3 rings (SSSR count). The van der Waals surface area contributed by atoms with Gasteiger partial charge in [-0.2, -0.15) is 0 Å². The minimum atomic E-state index is 0.439. The molecule has 0 bridgehead atoms. The number of nitrogens with zero attached hydrogens (tertiary/aromatic N) is 3. The highest BCUT2D eigenvalue weighted by atomic mass is 32.1. The molecule has 3 aromatic heterocycles. The lowest BCUT2D eigenvalue weighted by atomic mass is 10.3. The molecule has 3 aromatic rings. The largest absolute Gasteiger partial charge is 0.377 e. The molecule has 0 N–H and O–H groups in total. The molecule has 3 heterocycles. The van der Waals surface area contributed by atoms with E-state index in [4.69, 9.17) is 9.26 Å². The fourth-order valence-electron chi connectivity index (χ4n) is 1.88. The number of imidazole rings is 1. The van der Waals surface area contributed by atoms with E-state index in [-0.39, 0.29) is 0 Å². The average Bonchev–Trinajstić information content (AvgIpc) is 3.11. The Labute approximate surface area is 114 Å². The van der Waals surface area contributed by atoms with Crippen LogP contribution < -0.4 is 0 Å². The molecule has 0 amide bonds. The molecular weight excluding hydrogens is 262 g/mol. The molecule has 0 saturated carbocycles. The Kier molecular flexibility index (Phi) is 3.43. The van der Waals surface area contributed by atoms with Crippen molar-refractivity contribution in [3.05, 3.63) is 47.4 Å². The van der Waals surface area contributed by atoms with Gasteiger partial charge in [0, 0.05) is 25.6 Å². The van der Waals surface area contributed by atoms with Gasteiger partial charge in [-0.25, -0.2) is 4.98 Å². The van der Waals surface area contributed by atoms with Crippen LogP contribution >= 0.6 is 11.3 Å². The van der Waals surface area contributed by atoms with E-state index in [1.807, 2.05) is 23.7 Å². The normalized spacial score (nSPS) is 11.0. The molecule has 0 spiro atoms. The third kappa shape index (κ3) is 2.59. The van der Waals surface area contributed by atoms with E-state index >= 15 is 0 Å². The van der Waals surface area contributed by atoms with Crippen LogP contribution in [0.25, 0.3) is 10.7 Å². The van der Waals surface area contributed by atoms with Gasteiger partial charge in [-0.3, -0.25) is 0 Å². The van der Waals surface area contributed by atoms with Crippen molar-refractivity contribution < 1.29 is 9.26 Å². The summed E-state index contributed by atoms with van der Waals surface area (Å²) < 4.78 is 12.2. The van der Waals surface area contributed by atoms with E-state index in [1.165, 1.54) is 0 Å². The second-order valence-corrected chi connectivity index (χ2v) is 5.02. The second-order valence-electron chi connectivity index (χ2n) is 4.07. The zero-order chi connectivity index (χ0) is 13.1. The predicted octanol–water partition coefficient (Wildman–Crippen LogP) is 2.79. The molecule has 0 aromatic carbocycles. The van der Waals surface area contributed by atoms with Crippen LogP contribution in [0.3, 0.4) is 0 Å². The van der Waals surface area contributed by atoms with Crippen molar-refractivity contribution in [2.24, 2.45) is 0 Å². The van der Waals surface area contributed by atoms with Crippen molar-refractivity contribution in [2.75, 3.05) is 7.11 Å². The Bertz CT molecular complexity index is 642. The van der Waals surface area contributed by atoms with Crippen molar-refractivity contribution in [1.82, 2.24) is 14.7 Å². The summed E-state index contributed by atoms with van der Waals surface area (Å²) in [5, 5.41) is 6.07. The van der Waals surface area contributed by atoms with Crippen molar-refractivity contribution in [1.29, 1.82) is 0 Å². The maximum atomic E-state index is 5.18. The summed E-state index contributed by atoms with van der Waals surface area (Å²) in [4.78, 5) is 5.53. The lowest BCUT2D eigenvalue weighted by Crippen LogP contribution is -2.00. The maximum Gasteiger partial charge on any atom is 0.162 e. The van der Waals surface area contributed by atoms with Gasteiger partial charge in [0.2, 0.25) is 0 Å². The lowest BCUT2D eigenvalue weighted by molar-refractivity contribution is 0.155. The molecule has 19 heavy (non-hydrogen) atoms. The highest BCUT2D eigenvalue weighted by Crippen LogP contribution is 2.23. The zero-order valence-corrected chi connectivity index (χ0v) is 11.3. The molecule has 0 fully saturated rings. The van der Waals surface area contributed by atoms with Gasteiger partial charge < -0.3 is 13.8 Å². The predicted molar refractivity (Wildman–Crippen MR) is 71.9 cm³/mol. The standard InChI is InChI=1S/C13H13N3O2S/c1-17-9-11-7-10(15-18-11)8-16-5-4-14-13(16)12-3-2-6-19-12/h2-7H,8-9H2,1H3. The molecule has 98 valence electrons. The van der Waals surface area contributed by atoms with Gasteiger partial charge in [-0.05, 0) is 11.4 Å². The van der Waals surface area contributed by atoms with Crippen LogP contribution in [0.5, 0.6) is 0 Å². The summed E-state index contributed by atoms with van der Waals surface area (Å²) in [6.45, 7) is 1.08. The van der Waals surface area contributed by atoms with Gasteiger partial charge in [0.25, 0.3) is 0 Å². The third-order valence-corrected chi connectivity index (χ3v) is 3.55. The van der Waals surface area contributed by atoms with Gasteiger partial charge >= 0.3 is 0 Å². The van der Waals surface area contributed by atoms with E-state index in [0.29, 0.717) is 13.2 Å². The van der Waals surface area contributed by atoms with E-state index in [0.717, 1.165) is 22.2 Å². The minimum absolute atomic E-state index is 0.439. The Morgan fingerprint density at radius 1 is 1.47 bits per heavy atom. The van der Waals surface area contributed by atoms with Gasteiger partial charge in [-0.15, -0.1) is 11.3 Å². The van der Waals surface area contributed by atoms with Crippen LogP contribution in [0.1, 0.15) is 11.5 Å².